The van der Waals surface area contributed by atoms with Crippen LogP contribution in [0.1, 0.15) is 67.7 Å². The molecule has 1 fully saturated rings. The maximum Gasteiger partial charge on any atom is 0.152 e. The Balaban J connectivity index is 0.00000121. The van der Waals surface area contributed by atoms with E-state index in [4.69, 9.17) is 5.73 Å². The summed E-state index contributed by atoms with van der Waals surface area (Å²) in [6.45, 7) is 14.6. The van der Waals surface area contributed by atoms with Gasteiger partial charge in [0, 0.05) is 5.92 Å². The third-order valence-corrected chi connectivity index (χ3v) is 4.30. The lowest BCUT2D eigenvalue weighted by Gasteiger charge is -2.34. The van der Waals surface area contributed by atoms with Crippen LogP contribution in [0.25, 0.3) is 0 Å². The number of rotatable bonds is 5. The maximum absolute atomic E-state index is 11.7. The van der Waals surface area contributed by atoms with Crippen molar-refractivity contribution in [1.82, 2.24) is 0 Å². The standard InChI is InChI=1S/C13H25NO.C2H6/c1-9(2)11(15)10(14)8-12(3,4)13(5)6-7-13;1-2/h9-10H,6-8,14H2,1-5H3;1-2H3. The summed E-state index contributed by atoms with van der Waals surface area (Å²) in [5.41, 5.74) is 6.59. The van der Waals surface area contributed by atoms with Gasteiger partial charge in [-0.25, -0.2) is 0 Å². The molecular formula is C15H31NO. The summed E-state index contributed by atoms with van der Waals surface area (Å²) in [5, 5.41) is 0. The summed E-state index contributed by atoms with van der Waals surface area (Å²) in [6, 6.07) is -0.280. The van der Waals surface area contributed by atoms with Crippen LogP contribution in [0, 0.1) is 16.7 Å². The van der Waals surface area contributed by atoms with E-state index >= 15 is 0 Å². The highest BCUT2D eigenvalue weighted by atomic mass is 16.1. The van der Waals surface area contributed by atoms with Crippen LogP contribution in [-0.2, 0) is 4.79 Å². The first-order valence-electron chi connectivity index (χ1n) is 6.99. The summed E-state index contributed by atoms with van der Waals surface area (Å²) in [4.78, 5) is 11.7. The average Bonchev–Trinajstić information content (AvgIpc) is 2.99. The van der Waals surface area contributed by atoms with Crippen molar-refractivity contribution in [2.24, 2.45) is 22.5 Å². The molecule has 17 heavy (non-hydrogen) atoms. The molecule has 0 amide bonds. The van der Waals surface area contributed by atoms with E-state index in [1.807, 2.05) is 27.7 Å². The molecule has 0 aromatic carbocycles. The second-order valence-electron chi connectivity index (χ2n) is 6.31. The van der Waals surface area contributed by atoms with Gasteiger partial charge >= 0.3 is 0 Å². The van der Waals surface area contributed by atoms with Gasteiger partial charge in [-0.1, -0.05) is 48.5 Å². The molecular weight excluding hydrogens is 210 g/mol. The van der Waals surface area contributed by atoms with E-state index in [0.29, 0.717) is 5.41 Å². The Bertz CT molecular complexity index is 252. The van der Waals surface area contributed by atoms with E-state index < -0.39 is 0 Å². The first-order chi connectivity index (χ1) is 7.69. The van der Waals surface area contributed by atoms with Gasteiger partial charge < -0.3 is 5.73 Å². The largest absolute Gasteiger partial charge is 0.321 e. The van der Waals surface area contributed by atoms with E-state index in [0.717, 1.165) is 6.42 Å². The first kappa shape index (κ1) is 16.6. The van der Waals surface area contributed by atoms with E-state index in [1.165, 1.54) is 12.8 Å². The minimum Gasteiger partial charge on any atom is -0.321 e. The van der Waals surface area contributed by atoms with E-state index in [9.17, 15) is 4.79 Å². The summed E-state index contributed by atoms with van der Waals surface area (Å²) in [7, 11) is 0. The van der Waals surface area contributed by atoms with E-state index in [1.54, 1.807) is 0 Å². The van der Waals surface area contributed by atoms with Crippen LogP contribution in [0.4, 0.5) is 0 Å². The number of hydrogen-bond acceptors (Lipinski definition) is 2. The topological polar surface area (TPSA) is 43.1 Å². The Hall–Kier alpha value is -0.370. The van der Waals surface area contributed by atoms with Gasteiger partial charge in [-0.05, 0) is 30.1 Å². The Labute approximate surface area is 107 Å². The summed E-state index contributed by atoms with van der Waals surface area (Å²) < 4.78 is 0. The van der Waals surface area contributed by atoms with Crippen molar-refractivity contribution in [3.63, 3.8) is 0 Å². The van der Waals surface area contributed by atoms with Crippen molar-refractivity contribution in [3.05, 3.63) is 0 Å². The van der Waals surface area contributed by atoms with Crippen molar-refractivity contribution in [1.29, 1.82) is 0 Å². The third-order valence-electron chi connectivity index (χ3n) is 4.30. The van der Waals surface area contributed by atoms with Gasteiger partial charge in [0.05, 0.1) is 6.04 Å². The number of carbonyl (C=O) groups is 1. The fourth-order valence-electron chi connectivity index (χ4n) is 2.19. The minimum atomic E-state index is -0.280. The molecule has 0 aromatic rings. The number of ketones is 1. The minimum absolute atomic E-state index is 0.0582. The Morgan fingerprint density at radius 2 is 1.71 bits per heavy atom. The van der Waals surface area contributed by atoms with E-state index in [2.05, 4.69) is 20.8 Å². The second kappa shape index (κ2) is 5.99. The quantitative estimate of drug-likeness (QED) is 0.796. The normalized spacial score (nSPS) is 19.4. The molecule has 1 atom stereocenters. The molecule has 1 aliphatic rings. The monoisotopic (exact) mass is 241 g/mol. The van der Waals surface area contributed by atoms with Crippen molar-refractivity contribution < 1.29 is 4.79 Å². The van der Waals surface area contributed by atoms with E-state index in [-0.39, 0.29) is 23.2 Å². The molecule has 1 rings (SSSR count). The highest BCUT2D eigenvalue weighted by molar-refractivity contribution is 5.85. The van der Waals surface area contributed by atoms with Crippen LogP contribution in [0.2, 0.25) is 0 Å². The molecule has 102 valence electrons. The Morgan fingerprint density at radius 3 is 2.00 bits per heavy atom. The van der Waals surface area contributed by atoms with Crippen molar-refractivity contribution >= 4 is 5.78 Å². The van der Waals surface area contributed by atoms with Gasteiger partial charge in [-0.15, -0.1) is 0 Å². The molecule has 1 saturated carbocycles. The van der Waals surface area contributed by atoms with Gasteiger partial charge in [-0.3, -0.25) is 4.79 Å². The van der Waals surface area contributed by atoms with Crippen LogP contribution in [0.15, 0.2) is 0 Å². The summed E-state index contributed by atoms with van der Waals surface area (Å²) >= 11 is 0. The van der Waals surface area contributed by atoms with Crippen molar-refractivity contribution in [2.45, 2.75) is 73.8 Å². The SMILES string of the molecule is CC.CC(C)C(=O)C(N)CC(C)(C)C1(C)CC1. The zero-order valence-electron chi connectivity index (χ0n) is 12.8. The Morgan fingerprint density at radius 1 is 1.29 bits per heavy atom. The fourth-order valence-corrected chi connectivity index (χ4v) is 2.19. The zero-order chi connectivity index (χ0) is 13.9. The average molecular weight is 241 g/mol. The first-order valence-corrected chi connectivity index (χ1v) is 6.99. The Kier molecular flexibility index (Phi) is 5.86. The molecule has 2 N–H and O–H groups in total. The molecule has 0 aromatic heterocycles. The maximum atomic E-state index is 11.7. The molecule has 2 nitrogen and oxygen atoms in total. The molecule has 1 aliphatic carbocycles. The van der Waals surface area contributed by atoms with Gasteiger partial charge in [0.25, 0.3) is 0 Å². The smallest absolute Gasteiger partial charge is 0.152 e. The second-order valence-corrected chi connectivity index (χ2v) is 6.31. The molecule has 0 radical (unpaired) electrons. The molecule has 2 heteroatoms. The number of hydrogen-bond donors (Lipinski definition) is 1. The molecule has 0 spiro atoms. The van der Waals surface area contributed by atoms with Crippen molar-refractivity contribution in [3.8, 4) is 0 Å². The molecule has 0 saturated heterocycles. The number of Topliss-reactive ketones (excluding diaryl/α,β-unsaturated/α-hetero) is 1. The lowest BCUT2D eigenvalue weighted by Crippen LogP contribution is -2.40. The van der Waals surface area contributed by atoms with Crippen molar-refractivity contribution in [2.75, 3.05) is 0 Å². The van der Waals surface area contributed by atoms with Crippen LogP contribution < -0.4 is 5.73 Å². The predicted octanol–water partition coefficient (Wildman–Crippen LogP) is 3.78. The highest BCUT2D eigenvalue weighted by Gasteiger charge is 2.50. The molecule has 0 bridgehead atoms. The highest BCUT2D eigenvalue weighted by Crippen LogP contribution is 2.59. The number of carbonyl (C=O) groups excluding carboxylic acids is 1. The fraction of sp³-hybridized carbons (Fsp3) is 0.933. The summed E-state index contributed by atoms with van der Waals surface area (Å²) in [6.07, 6.45) is 3.38. The molecule has 1 unspecified atom stereocenters. The van der Waals surface area contributed by atoms with Gasteiger partial charge in [-0.2, -0.15) is 0 Å². The van der Waals surface area contributed by atoms with Gasteiger partial charge in [0.15, 0.2) is 5.78 Å². The lowest BCUT2D eigenvalue weighted by molar-refractivity contribution is -0.124. The summed E-state index contributed by atoms with van der Waals surface area (Å²) in [5.74, 6) is 0.259. The van der Waals surface area contributed by atoms with Crippen LogP contribution in [0.3, 0.4) is 0 Å². The lowest BCUT2D eigenvalue weighted by atomic mass is 9.71. The molecule has 0 heterocycles. The zero-order valence-corrected chi connectivity index (χ0v) is 12.8. The third kappa shape index (κ3) is 4.09. The van der Waals surface area contributed by atoms with Crippen LogP contribution >= 0.6 is 0 Å². The molecule has 0 aliphatic heterocycles. The predicted molar refractivity (Wildman–Crippen MR) is 74.9 cm³/mol. The van der Waals surface area contributed by atoms with Crippen LogP contribution in [0.5, 0.6) is 0 Å². The van der Waals surface area contributed by atoms with Gasteiger partial charge in [0.2, 0.25) is 0 Å². The number of nitrogens with two attached hydrogens (primary N) is 1. The van der Waals surface area contributed by atoms with Gasteiger partial charge in [0.1, 0.15) is 0 Å². The van der Waals surface area contributed by atoms with Crippen LogP contribution in [-0.4, -0.2) is 11.8 Å².